The SMILES string of the molecule is CC(N[C@H](C)C1CCCCCC1)C(=O)N1CCCC1. The Balaban J connectivity index is 1.79. The van der Waals surface area contributed by atoms with Gasteiger partial charge in [-0.15, -0.1) is 0 Å². The van der Waals surface area contributed by atoms with E-state index in [0.717, 1.165) is 19.0 Å². The molecule has 0 aromatic heterocycles. The number of nitrogens with one attached hydrogen (secondary N) is 1. The molecular formula is C16H30N2O. The lowest BCUT2D eigenvalue weighted by Gasteiger charge is -2.28. The van der Waals surface area contributed by atoms with Gasteiger partial charge in [0.1, 0.15) is 0 Å². The van der Waals surface area contributed by atoms with Gasteiger partial charge in [-0.05, 0) is 45.4 Å². The largest absolute Gasteiger partial charge is 0.341 e. The highest BCUT2D eigenvalue weighted by atomic mass is 16.2. The highest BCUT2D eigenvalue weighted by Gasteiger charge is 2.26. The summed E-state index contributed by atoms with van der Waals surface area (Å²) in [5.74, 6) is 1.06. The predicted molar refractivity (Wildman–Crippen MR) is 79.1 cm³/mol. The number of likely N-dealkylation sites (tertiary alicyclic amines) is 1. The van der Waals surface area contributed by atoms with Crippen LogP contribution in [0.2, 0.25) is 0 Å². The van der Waals surface area contributed by atoms with Crippen molar-refractivity contribution in [3.05, 3.63) is 0 Å². The maximum atomic E-state index is 12.3. The summed E-state index contributed by atoms with van der Waals surface area (Å²) < 4.78 is 0. The van der Waals surface area contributed by atoms with Crippen LogP contribution < -0.4 is 5.32 Å². The van der Waals surface area contributed by atoms with Gasteiger partial charge in [0.25, 0.3) is 0 Å². The molecule has 110 valence electrons. The summed E-state index contributed by atoms with van der Waals surface area (Å²) >= 11 is 0. The maximum absolute atomic E-state index is 12.3. The van der Waals surface area contributed by atoms with E-state index in [1.54, 1.807) is 0 Å². The molecule has 2 fully saturated rings. The lowest BCUT2D eigenvalue weighted by molar-refractivity contribution is -0.132. The fraction of sp³-hybridized carbons (Fsp3) is 0.938. The molecule has 0 aromatic carbocycles. The lowest BCUT2D eigenvalue weighted by Crippen LogP contribution is -2.48. The van der Waals surface area contributed by atoms with E-state index < -0.39 is 0 Å². The fourth-order valence-corrected chi connectivity index (χ4v) is 3.62. The summed E-state index contributed by atoms with van der Waals surface area (Å²) in [5, 5.41) is 3.56. The first-order valence-electron chi connectivity index (χ1n) is 8.23. The van der Waals surface area contributed by atoms with Gasteiger partial charge in [0, 0.05) is 19.1 Å². The van der Waals surface area contributed by atoms with Gasteiger partial charge in [0.2, 0.25) is 5.91 Å². The standard InChI is InChI=1S/C16H30N2O/c1-13(15-9-5-3-4-6-10-15)17-14(2)16(19)18-11-7-8-12-18/h13-15,17H,3-12H2,1-2H3/t13-,14?/m1/s1. The quantitative estimate of drug-likeness (QED) is 0.794. The van der Waals surface area contributed by atoms with E-state index in [0.29, 0.717) is 11.9 Å². The fourth-order valence-electron chi connectivity index (χ4n) is 3.62. The first-order chi connectivity index (χ1) is 9.18. The average Bonchev–Trinajstić information content (AvgIpc) is 2.79. The van der Waals surface area contributed by atoms with Gasteiger partial charge in [-0.25, -0.2) is 0 Å². The molecule has 3 nitrogen and oxygen atoms in total. The van der Waals surface area contributed by atoms with E-state index in [1.807, 2.05) is 11.8 Å². The molecule has 1 aliphatic carbocycles. The molecule has 1 heterocycles. The van der Waals surface area contributed by atoms with Gasteiger partial charge in [0.15, 0.2) is 0 Å². The van der Waals surface area contributed by atoms with Crippen LogP contribution in [0.5, 0.6) is 0 Å². The number of nitrogens with zero attached hydrogens (tertiary/aromatic N) is 1. The van der Waals surface area contributed by atoms with E-state index >= 15 is 0 Å². The van der Waals surface area contributed by atoms with Crippen molar-refractivity contribution in [3.63, 3.8) is 0 Å². The number of carbonyl (C=O) groups excluding carboxylic acids is 1. The molecule has 0 spiro atoms. The van der Waals surface area contributed by atoms with E-state index in [1.165, 1.54) is 51.4 Å². The third-order valence-electron chi connectivity index (χ3n) is 4.91. The number of hydrogen-bond acceptors (Lipinski definition) is 2. The molecule has 0 bridgehead atoms. The Morgan fingerprint density at radius 1 is 1.00 bits per heavy atom. The third kappa shape index (κ3) is 4.20. The minimum absolute atomic E-state index is 0.0173. The molecule has 2 aliphatic rings. The highest BCUT2D eigenvalue weighted by molar-refractivity contribution is 5.81. The van der Waals surface area contributed by atoms with Gasteiger partial charge >= 0.3 is 0 Å². The van der Waals surface area contributed by atoms with Crippen LogP contribution in [0.4, 0.5) is 0 Å². The zero-order chi connectivity index (χ0) is 13.7. The Hall–Kier alpha value is -0.570. The number of hydrogen-bond donors (Lipinski definition) is 1. The Morgan fingerprint density at radius 3 is 2.16 bits per heavy atom. The smallest absolute Gasteiger partial charge is 0.239 e. The highest BCUT2D eigenvalue weighted by Crippen LogP contribution is 2.25. The maximum Gasteiger partial charge on any atom is 0.239 e. The van der Waals surface area contributed by atoms with Crippen molar-refractivity contribution in [2.75, 3.05) is 13.1 Å². The molecule has 1 saturated heterocycles. The topological polar surface area (TPSA) is 32.3 Å². The molecular weight excluding hydrogens is 236 g/mol. The van der Waals surface area contributed by atoms with Gasteiger partial charge in [-0.3, -0.25) is 4.79 Å². The van der Waals surface area contributed by atoms with Gasteiger partial charge in [-0.2, -0.15) is 0 Å². The minimum Gasteiger partial charge on any atom is -0.341 e. The molecule has 3 heteroatoms. The molecule has 0 radical (unpaired) electrons. The van der Waals surface area contributed by atoms with E-state index in [4.69, 9.17) is 0 Å². The summed E-state index contributed by atoms with van der Waals surface area (Å²) in [7, 11) is 0. The van der Waals surface area contributed by atoms with Crippen LogP contribution in [0.1, 0.15) is 65.2 Å². The molecule has 1 saturated carbocycles. The van der Waals surface area contributed by atoms with Crippen LogP contribution >= 0.6 is 0 Å². The first kappa shape index (κ1) is 14.8. The van der Waals surface area contributed by atoms with Crippen LogP contribution in [0, 0.1) is 5.92 Å². The second-order valence-electron chi connectivity index (χ2n) is 6.46. The molecule has 2 atom stereocenters. The Bertz CT molecular complexity index is 278. The first-order valence-corrected chi connectivity index (χ1v) is 8.23. The lowest BCUT2D eigenvalue weighted by atomic mass is 9.92. The molecule has 1 amide bonds. The van der Waals surface area contributed by atoms with Crippen LogP contribution in [-0.4, -0.2) is 36.0 Å². The Kier molecular flexibility index (Phi) is 5.68. The van der Waals surface area contributed by atoms with Crippen LogP contribution in [0.25, 0.3) is 0 Å². The molecule has 1 unspecified atom stereocenters. The van der Waals surface area contributed by atoms with Crippen molar-refractivity contribution >= 4 is 5.91 Å². The molecule has 1 aliphatic heterocycles. The average molecular weight is 266 g/mol. The van der Waals surface area contributed by atoms with Gasteiger partial charge < -0.3 is 10.2 Å². The van der Waals surface area contributed by atoms with Gasteiger partial charge in [-0.1, -0.05) is 25.7 Å². The molecule has 19 heavy (non-hydrogen) atoms. The zero-order valence-corrected chi connectivity index (χ0v) is 12.7. The van der Waals surface area contributed by atoms with E-state index in [-0.39, 0.29) is 6.04 Å². The molecule has 2 rings (SSSR count). The minimum atomic E-state index is -0.0173. The van der Waals surface area contributed by atoms with Crippen molar-refractivity contribution in [2.24, 2.45) is 5.92 Å². The normalized spacial score (nSPS) is 25.1. The van der Waals surface area contributed by atoms with Crippen LogP contribution in [-0.2, 0) is 4.79 Å². The van der Waals surface area contributed by atoms with Crippen LogP contribution in [0.15, 0.2) is 0 Å². The van der Waals surface area contributed by atoms with Crippen molar-refractivity contribution in [1.82, 2.24) is 10.2 Å². The number of amides is 1. The van der Waals surface area contributed by atoms with Crippen molar-refractivity contribution in [2.45, 2.75) is 77.3 Å². The third-order valence-corrected chi connectivity index (χ3v) is 4.91. The van der Waals surface area contributed by atoms with Gasteiger partial charge in [0.05, 0.1) is 6.04 Å². The van der Waals surface area contributed by atoms with Crippen molar-refractivity contribution in [1.29, 1.82) is 0 Å². The summed E-state index contributed by atoms with van der Waals surface area (Å²) in [5.41, 5.74) is 0. The zero-order valence-electron chi connectivity index (χ0n) is 12.7. The Morgan fingerprint density at radius 2 is 1.58 bits per heavy atom. The summed E-state index contributed by atoms with van der Waals surface area (Å²) in [6, 6.07) is 0.455. The van der Waals surface area contributed by atoms with E-state index in [2.05, 4.69) is 12.2 Å². The predicted octanol–water partition coefficient (Wildman–Crippen LogP) is 2.95. The number of carbonyl (C=O) groups is 1. The monoisotopic (exact) mass is 266 g/mol. The van der Waals surface area contributed by atoms with E-state index in [9.17, 15) is 4.79 Å². The van der Waals surface area contributed by atoms with Crippen molar-refractivity contribution in [3.8, 4) is 0 Å². The van der Waals surface area contributed by atoms with Crippen molar-refractivity contribution < 1.29 is 4.79 Å². The summed E-state index contributed by atoms with van der Waals surface area (Å²) in [4.78, 5) is 14.3. The summed E-state index contributed by atoms with van der Waals surface area (Å²) in [6.45, 7) is 6.23. The summed E-state index contributed by atoms with van der Waals surface area (Å²) in [6.07, 6.45) is 10.5. The van der Waals surface area contributed by atoms with Crippen LogP contribution in [0.3, 0.4) is 0 Å². The number of rotatable bonds is 4. The molecule has 1 N–H and O–H groups in total. The molecule has 0 aromatic rings. The second-order valence-corrected chi connectivity index (χ2v) is 6.46. The Labute approximate surface area is 118 Å². The second kappa shape index (κ2) is 7.28.